The maximum atomic E-state index is 13.2. The zero-order valence-corrected chi connectivity index (χ0v) is 16.0. The summed E-state index contributed by atoms with van der Waals surface area (Å²) in [6.45, 7) is 0. The van der Waals surface area contributed by atoms with Gasteiger partial charge in [0.05, 0.1) is 12.6 Å². The van der Waals surface area contributed by atoms with E-state index < -0.39 is 0 Å². The number of carbonyl (C=O) groups excluding carboxylic acids is 1. The van der Waals surface area contributed by atoms with Gasteiger partial charge in [0.25, 0.3) is 0 Å². The number of ketones is 1. The van der Waals surface area contributed by atoms with Gasteiger partial charge in [-0.2, -0.15) is 0 Å². The quantitative estimate of drug-likeness (QED) is 0.681. The van der Waals surface area contributed by atoms with Crippen LogP contribution >= 0.6 is 0 Å². The molecule has 5 rings (SSSR count). The SMILES string of the molecule is COc1ccc2cc(/C=C/C(=O)C34CCCC5CC(CC5C3)C4)cnc2c1. The summed E-state index contributed by atoms with van der Waals surface area (Å²) in [6, 6.07) is 7.99. The molecule has 3 aliphatic rings. The molecule has 1 aromatic heterocycles. The lowest BCUT2D eigenvalue weighted by Gasteiger charge is -2.38. The average Bonchev–Trinajstić information content (AvgIpc) is 2.91. The van der Waals surface area contributed by atoms with Gasteiger partial charge in [0.15, 0.2) is 5.78 Å². The summed E-state index contributed by atoms with van der Waals surface area (Å²) in [5.41, 5.74) is 1.82. The lowest BCUT2D eigenvalue weighted by molar-refractivity contribution is -0.127. The van der Waals surface area contributed by atoms with Gasteiger partial charge in [-0.3, -0.25) is 9.78 Å². The highest BCUT2D eigenvalue weighted by atomic mass is 16.5. The van der Waals surface area contributed by atoms with Crippen LogP contribution in [-0.2, 0) is 4.79 Å². The number of hydrogen-bond acceptors (Lipinski definition) is 3. The summed E-state index contributed by atoms with van der Waals surface area (Å²) in [5, 5.41) is 1.07. The van der Waals surface area contributed by atoms with Crippen LogP contribution < -0.4 is 4.74 Å². The second kappa shape index (κ2) is 6.47. The van der Waals surface area contributed by atoms with Gasteiger partial charge in [-0.05, 0) is 85.8 Å². The molecular weight excluding hydrogens is 334 g/mol. The molecule has 0 aliphatic heterocycles. The minimum atomic E-state index is -0.0764. The molecule has 0 radical (unpaired) electrons. The first-order chi connectivity index (χ1) is 13.1. The summed E-state index contributed by atoms with van der Waals surface area (Å²) < 4.78 is 5.26. The fourth-order valence-corrected chi connectivity index (χ4v) is 6.16. The molecule has 2 aromatic rings. The van der Waals surface area contributed by atoms with Crippen molar-refractivity contribution in [2.24, 2.45) is 23.2 Å². The Bertz CT molecular complexity index is 918. The number of methoxy groups -OCH3 is 1. The Morgan fingerprint density at radius 2 is 2.11 bits per heavy atom. The van der Waals surface area contributed by atoms with Gasteiger partial charge >= 0.3 is 0 Å². The van der Waals surface area contributed by atoms with Crippen LogP contribution in [0.3, 0.4) is 0 Å². The van der Waals surface area contributed by atoms with Crippen LogP contribution in [0.1, 0.15) is 50.5 Å². The van der Waals surface area contributed by atoms with Crippen LogP contribution in [0.5, 0.6) is 5.75 Å². The number of nitrogens with zero attached hydrogens (tertiary/aromatic N) is 1. The van der Waals surface area contributed by atoms with Gasteiger partial charge in [-0.1, -0.05) is 12.8 Å². The third-order valence-electron chi connectivity index (χ3n) is 7.36. The molecule has 27 heavy (non-hydrogen) atoms. The zero-order chi connectivity index (χ0) is 18.4. The van der Waals surface area contributed by atoms with Crippen molar-refractivity contribution in [3.63, 3.8) is 0 Å². The van der Waals surface area contributed by atoms with E-state index in [0.717, 1.165) is 59.2 Å². The van der Waals surface area contributed by atoms with Gasteiger partial charge in [0.2, 0.25) is 0 Å². The first-order valence-corrected chi connectivity index (χ1v) is 10.3. The molecule has 0 amide bonds. The summed E-state index contributed by atoms with van der Waals surface area (Å²) in [7, 11) is 1.66. The lowest BCUT2D eigenvalue weighted by Crippen LogP contribution is -2.35. The van der Waals surface area contributed by atoms with E-state index in [2.05, 4.69) is 11.1 Å². The largest absolute Gasteiger partial charge is 0.497 e. The molecule has 1 heterocycles. The second-order valence-corrected chi connectivity index (χ2v) is 8.96. The molecule has 3 fully saturated rings. The number of carbonyl (C=O) groups is 1. The molecule has 4 unspecified atom stereocenters. The van der Waals surface area contributed by atoms with Crippen molar-refractivity contribution in [3.05, 3.63) is 42.1 Å². The van der Waals surface area contributed by atoms with Gasteiger partial charge in [0, 0.05) is 23.1 Å². The smallest absolute Gasteiger partial charge is 0.161 e. The maximum absolute atomic E-state index is 13.2. The number of aromatic nitrogens is 1. The third kappa shape index (κ3) is 2.97. The molecule has 0 spiro atoms. The number of fused-ring (bicyclic) bond motifs is 3. The first-order valence-electron chi connectivity index (χ1n) is 10.3. The Morgan fingerprint density at radius 1 is 1.22 bits per heavy atom. The molecule has 3 heteroatoms. The van der Waals surface area contributed by atoms with Crippen LogP contribution in [0.15, 0.2) is 36.5 Å². The average molecular weight is 361 g/mol. The van der Waals surface area contributed by atoms with Crippen molar-refractivity contribution < 1.29 is 9.53 Å². The molecule has 0 N–H and O–H groups in total. The lowest BCUT2D eigenvalue weighted by atomic mass is 9.65. The predicted molar refractivity (Wildman–Crippen MR) is 108 cm³/mol. The van der Waals surface area contributed by atoms with Crippen molar-refractivity contribution in [3.8, 4) is 5.75 Å². The van der Waals surface area contributed by atoms with Crippen molar-refractivity contribution in [2.75, 3.05) is 7.11 Å². The number of benzene rings is 1. The summed E-state index contributed by atoms with van der Waals surface area (Å²) in [5.74, 6) is 3.67. The van der Waals surface area contributed by atoms with Crippen molar-refractivity contribution in [1.29, 1.82) is 0 Å². The van der Waals surface area contributed by atoms with Crippen LogP contribution in [0, 0.1) is 23.2 Å². The Labute approximate surface area is 160 Å². The molecular formula is C24H27NO2. The predicted octanol–water partition coefficient (Wildman–Crippen LogP) is 5.43. The van der Waals surface area contributed by atoms with E-state index in [1.54, 1.807) is 7.11 Å². The van der Waals surface area contributed by atoms with Crippen molar-refractivity contribution >= 4 is 22.8 Å². The number of allylic oxidation sites excluding steroid dienone is 1. The van der Waals surface area contributed by atoms with Crippen LogP contribution in [0.2, 0.25) is 0 Å². The van der Waals surface area contributed by atoms with E-state index in [-0.39, 0.29) is 5.41 Å². The van der Waals surface area contributed by atoms with Gasteiger partial charge in [-0.15, -0.1) is 0 Å². The molecule has 3 nitrogen and oxygen atoms in total. The third-order valence-corrected chi connectivity index (χ3v) is 7.36. The Morgan fingerprint density at radius 3 is 3.00 bits per heavy atom. The number of rotatable bonds is 4. The Kier molecular flexibility index (Phi) is 4.07. The molecule has 3 aliphatic carbocycles. The minimum absolute atomic E-state index is 0.0764. The van der Waals surface area contributed by atoms with E-state index in [0.29, 0.717) is 5.78 Å². The van der Waals surface area contributed by atoms with E-state index in [1.165, 1.54) is 25.7 Å². The Hall–Kier alpha value is -2.16. The normalized spacial score (nSPS) is 32.1. The fourth-order valence-electron chi connectivity index (χ4n) is 6.16. The summed E-state index contributed by atoms with van der Waals surface area (Å²) in [4.78, 5) is 17.8. The van der Waals surface area contributed by atoms with Gasteiger partial charge in [0.1, 0.15) is 5.75 Å². The number of ether oxygens (including phenoxy) is 1. The van der Waals surface area contributed by atoms with Crippen molar-refractivity contribution in [1.82, 2.24) is 4.98 Å². The Balaban J connectivity index is 1.38. The standard InChI is InChI=1S/C24H27NO2/c1-27-21-6-5-19-9-16(15-25-22(19)12-21)4-7-23(26)24-8-2-3-18-10-17(13-24)11-20(18)14-24/h4-7,9,12,15,17-18,20H,2-3,8,10-11,13-14H2,1H3/b7-4+. The van der Waals surface area contributed by atoms with E-state index in [1.807, 2.05) is 36.5 Å². The number of pyridine rings is 1. The molecule has 1 aromatic carbocycles. The maximum Gasteiger partial charge on any atom is 0.161 e. The van der Waals surface area contributed by atoms with E-state index >= 15 is 0 Å². The fraction of sp³-hybridized carbons (Fsp3) is 0.500. The van der Waals surface area contributed by atoms with Gasteiger partial charge < -0.3 is 4.74 Å². The van der Waals surface area contributed by atoms with Crippen LogP contribution in [0.4, 0.5) is 0 Å². The number of hydrogen-bond donors (Lipinski definition) is 0. The molecule has 3 saturated carbocycles. The minimum Gasteiger partial charge on any atom is -0.497 e. The van der Waals surface area contributed by atoms with Crippen LogP contribution in [-0.4, -0.2) is 17.9 Å². The topological polar surface area (TPSA) is 39.2 Å². The zero-order valence-electron chi connectivity index (χ0n) is 16.0. The highest BCUT2D eigenvalue weighted by molar-refractivity contribution is 5.98. The summed E-state index contributed by atoms with van der Waals surface area (Å²) >= 11 is 0. The summed E-state index contributed by atoms with van der Waals surface area (Å²) in [6.07, 6.45) is 14.3. The highest BCUT2D eigenvalue weighted by Crippen LogP contribution is 2.59. The molecule has 0 saturated heterocycles. The monoisotopic (exact) mass is 361 g/mol. The molecule has 3 bridgehead atoms. The van der Waals surface area contributed by atoms with Crippen molar-refractivity contribution in [2.45, 2.75) is 44.9 Å². The van der Waals surface area contributed by atoms with E-state index in [9.17, 15) is 4.79 Å². The molecule has 140 valence electrons. The van der Waals surface area contributed by atoms with Gasteiger partial charge in [-0.25, -0.2) is 0 Å². The van der Waals surface area contributed by atoms with E-state index in [4.69, 9.17) is 4.74 Å². The van der Waals surface area contributed by atoms with Crippen LogP contribution in [0.25, 0.3) is 17.0 Å². The highest BCUT2D eigenvalue weighted by Gasteiger charge is 2.52. The first kappa shape index (κ1) is 17.0. The second-order valence-electron chi connectivity index (χ2n) is 8.96. The molecule has 4 atom stereocenters.